The third-order valence-corrected chi connectivity index (χ3v) is 18.6. The number of nitrogens with one attached hydrogen (secondary N) is 2. The fourth-order valence-corrected chi connectivity index (χ4v) is 13.5. The maximum atomic E-state index is 15.2. The minimum absolute atomic E-state index is 0.0606. The molecule has 4 amide bonds. The van der Waals surface area contributed by atoms with E-state index in [4.69, 9.17) is 9.97 Å². The van der Waals surface area contributed by atoms with Gasteiger partial charge in [-0.1, -0.05) is 31.5 Å². The number of rotatable bonds is 12. The molecule has 8 aliphatic rings. The molecule has 16 nitrogen and oxygen atoms in total. The molecule has 2 aliphatic carbocycles. The molecule has 16 heteroatoms. The van der Waals surface area contributed by atoms with Crippen molar-refractivity contribution in [3.8, 4) is 11.3 Å². The molecule has 1 unspecified atom stereocenters. The Balaban J connectivity index is 0.685. The predicted molar refractivity (Wildman–Crippen MR) is 280 cm³/mol. The van der Waals surface area contributed by atoms with E-state index in [2.05, 4.69) is 84.8 Å². The number of pyridine rings is 2. The molecule has 0 bridgehead atoms. The van der Waals surface area contributed by atoms with Gasteiger partial charge in [-0.15, -0.1) is 0 Å². The highest BCUT2D eigenvalue weighted by Gasteiger charge is 2.56. The van der Waals surface area contributed by atoms with Crippen molar-refractivity contribution < 1.29 is 24.0 Å². The third kappa shape index (κ3) is 9.01. The first kappa shape index (κ1) is 48.2. The van der Waals surface area contributed by atoms with Crippen LogP contribution in [-0.2, 0) is 29.4 Å². The molecule has 12 rings (SSSR count). The average molecular weight is 992 g/mol. The van der Waals surface area contributed by atoms with Gasteiger partial charge < -0.3 is 29.5 Å². The van der Waals surface area contributed by atoms with Crippen molar-refractivity contribution in [2.75, 3.05) is 74.0 Å². The molecule has 1 spiro atoms. The number of hydrogen-bond acceptors (Lipinski definition) is 12. The second kappa shape index (κ2) is 19.2. The van der Waals surface area contributed by atoms with E-state index in [1.165, 1.54) is 19.3 Å². The van der Waals surface area contributed by atoms with Crippen LogP contribution in [0.4, 0.5) is 17.3 Å². The van der Waals surface area contributed by atoms with Gasteiger partial charge in [-0.3, -0.25) is 34.2 Å². The zero-order valence-corrected chi connectivity index (χ0v) is 43.1. The van der Waals surface area contributed by atoms with Crippen molar-refractivity contribution in [3.05, 3.63) is 60.0 Å². The molecule has 7 fully saturated rings. The number of carbonyl (C=O) groups is 5. The van der Waals surface area contributed by atoms with Gasteiger partial charge in [-0.25, -0.2) is 15.0 Å². The lowest BCUT2D eigenvalue weighted by atomic mass is 9.72. The summed E-state index contributed by atoms with van der Waals surface area (Å²) in [5.74, 6) is 1.45. The van der Waals surface area contributed by atoms with Gasteiger partial charge in [0.1, 0.15) is 11.3 Å². The summed E-state index contributed by atoms with van der Waals surface area (Å²) >= 11 is 0. The number of hydrogen-bond donors (Lipinski definition) is 2. The number of carbonyl (C=O) groups excluding carboxylic acids is 5. The summed E-state index contributed by atoms with van der Waals surface area (Å²) in [6.07, 6.45) is 16.7. The molecule has 5 saturated heterocycles. The number of imidazole rings is 1. The van der Waals surface area contributed by atoms with Gasteiger partial charge in [0.05, 0.1) is 35.4 Å². The topological polar surface area (TPSA) is 169 Å². The number of aromatic nitrogens is 4. The Bertz CT molecular complexity index is 2790. The highest BCUT2D eigenvalue weighted by molar-refractivity contribution is 6.09. The van der Waals surface area contributed by atoms with Crippen LogP contribution >= 0.6 is 0 Å². The monoisotopic (exact) mass is 992 g/mol. The number of benzene rings is 1. The van der Waals surface area contributed by atoms with Crippen molar-refractivity contribution >= 4 is 57.8 Å². The fraction of sp³-hybridized carbons (Fsp3) is 0.614. The predicted octanol–water partition coefficient (Wildman–Crippen LogP) is 6.98. The summed E-state index contributed by atoms with van der Waals surface area (Å²) in [5, 5.41) is 6.14. The van der Waals surface area contributed by atoms with Gasteiger partial charge in [0.2, 0.25) is 23.6 Å². The van der Waals surface area contributed by atoms with Gasteiger partial charge >= 0.3 is 0 Å². The number of nitrogens with zero attached hydrogens (tertiary/aromatic N) is 9. The van der Waals surface area contributed by atoms with E-state index in [9.17, 15) is 19.2 Å². The van der Waals surface area contributed by atoms with E-state index in [0.29, 0.717) is 83.3 Å². The molecule has 2 saturated carbocycles. The maximum Gasteiger partial charge on any atom is 0.238 e. The zero-order valence-electron chi connectivity index (χ0n) is 43.1. The molecule has 386 valence electrons. The van der Waals surface area contributed by atoms with E-state index >= 15 is 4.79 Å². The van der Waals surface area contributed by atoms with Crippen LogP contribution in [-0.4, -0.2) is 141 Å². The van der Waals surface area contributed by atoms with Crippen molar-refractivity contribution in [2.24, 2.45) is 11.3 Å². The molecule has 1 aromatic carbocycles. The van der Waals surface area contributed by atoms with Gasteiger partial charge in [0, 0.05) is 85.5 Å². The second-order valence-electron chi connectivity index (χ2n) is 23.6. The van der Waals surface area contributed by atoms with Crippen LogP contribution in [0.15, 0.2) is 48.9 Å². The van der Waals surface area contributed by atoms with Crippen molar-refractivity contribution in [1.29, 1.82) is 0 Å². The average Bonchev–Trinajstić information content (AvgIpc) is 4.05. The lowest BCUT2D eigenvalue weighted by Crippen LogP contribution is -2.58. The summed E-state index contributed by atoms with van der Waals surface area (Å²) in [6.45, 7) is 13.1. The lowest BCUT2D eigenvalue weighted by molar-refractivity contribution is -0.142. The van der Waals surface area contributed by atoms with Crippen molar-refractivity contribution in [3.63, 3.8) is 0 Å². The highest BCUT2D eigenvalue weighted by atomic mass is 16.2. The molecule has 73 heavy (non-hydrogen) atoms. The summed E-state index contributed by atoms with van der Waals surface area (Å²) in [5.41, 5.74) is 5.68. The number of likely N-dealkylation sites (tertiary alicyclic amines) is 3. The van der Waals surface area contributed by atoms with Crippen LogP contribution in [0.5, 0.6) is 0 Å². The molecule has 9 heterocycles. The Kier molecular flexibility index (Phi) is 12.7. The zero-order chi connectivity index (χ0) is 50.2. The summed E-state index contributed by atoms with van der Waals surface area (Å²) < 4.78 is 2.20. The van der Waals surface area contributed by atoms with E-state index in [1.807, 2.05) is 23.4 Å². The molecule has 2 N–H and O–H groups in total. The number of Topliss-reactive ketones (excluding diaryl/α,β-unsaturated/α-hetero) is 1. The van der Waals surface area contributed by atoms with Crippen molar-refractivity contribution in [1.82, 2.24) is 39.5 Å². The Hall–Kier alpha value is -5.74. The van der Waals surface area contributed by atoms with Crippen LogP contribution < -0.4 is 20.4 Å². The molecule has 4 aromatic rings. The van der Waals surface area contributed by atoms with Gasteiger partial charge in [0.25, 0.3) is 0 Å². The van der Waals surface area contributed by atoms with Gasteiger partial charge in [0.15, 0.2) is 11.6 Å². The first-order valence-corrected chi connectivity index (χ1v) is 27.8. The van der Waals surface area contributed by atoms with Gasteiger partial charge in [-0.05, 0) is 153 Å². The number of imide groups is 1. The molecular weight excluding hydrogens is 919 g/mol. The van der Waals surface area contributed by atoms with E-state index < -0.39 is 10.8 Å². The van der Waals surface area contributed by atoms with Crippen molar-refractivity contribution in [2.45, 2.75) is 153 Å². The number of piperidine rings is 5. The summed E-state index contributed by atoms with van der Waals surface area (Å²) in [7, 11) is 0. The smallest absolute Gasteiger partial charge is 0.238 e. The minimum Gasteiger partial charge on any atom is -0.366 e. The van der Waals surface area contributed by atoms with E-state index in [0.717, 1.165) is 115 Å². The van der Waals surface area contributed by atoms with Crippen LogP contribution in [0.25, 0.3) is 22.3 Å². The Morgan fingerprint density at radius 1 is 0.822 bits per heavy atom. The number of fused-ring (bicyclic) bond motifs is 3. The number of ketones is 1. The van der Waals surface area contributed by atoms with Crippen LogP contribution in [0.2, 0.25) is 0 Å². The maximum absolute atomic E-state index is 15.2. The van der Waals surface area contributed by atoms with Crippen LogP contribution in [0.3, 0.4) is 0 Å². The van der Waals surface area contributed by atoms with Crippen LogP contribution in [0, 0.1) is 11.3 Å². The quantitative estimate of drug-likeness (QED) is 0.140. The summed E-state index contributed by atoms with van der Waals surface area (Å²) in [4.78, 5) is 93.5. The lowest BCUT2D eigenvalue weighted by Gasteiger charge is -2.48. The Labute approximate surface area is 429 Å². The van der Waals surface area contributed by atoms with E-state index in [-0.39, 0.29) is 53.3 Å². The first-order valence-electron chi connectivity index (χ1n) is 27.8. The molecule has 0 radical (unpaired) electrons. The fourth-order valence-electron chi connectivity index (χ4n) is 13.5. The third-order valence-electron chi connectivity index (χ3n) is 18.6. The molecule has 1 atom stereocenters. The molecule has 6 aliphatic heterocycles. The first-order chi connectivity index (χ1) is 35.3. The Morgan fingerprint density at radius 2 is 1.58 bits per heavy atom. The summed E-state index contributed by atoms with van der Waals surface area (Å²) in [6, 6.07) is 14.0. The second-order valence-corrected chi connectivity index (χ2v) is 23.6. The SMILES string of the molecule is CC(C)n1cnc2cc(-c3ccc4c(c3)N(C3CC(N5CCCCC5)C3)C(=O)C43CCN(CC(=O)C4(C)CCN(C(=O)C5CCN(c6ccc(C7CCC(=O)NC7=O)cn6)CC5)CC4)CC3)nc(NC3CC3)c21. The van der Waals surface area contributed by atoms with Crippen LogP contribution in [0.1, 0.15) is 140 Å². The highest BCUT2D eigenvalue weighted by Crippen LogP contribution is 2.52. The van der Waals surface area contributed by atoms with E-state index in [1.54, 1.807) is 6.20 Å². The standard InChI is InChI=1S/C57H73N11O5/c1-36(2)67-35-59-46-32-45(61-52(51(46)67)60-40-9-10-40)38-7-12-44-47(29-38)68(42-30-41(31-42)64-21-5-4-6-22-64)55(73)57(44)19-25-63(26-20-57)34-48(69)56(3)17-27-66(28-18-56)54(72)37-15-23-65(24-16-37)49-13-8-39(33-58-49)43-11-14-50(70)62-53(43)71/h7-8,12-13,29,32-33,35-37,40-43H,4-6,9-11,14-28,30-31,34H2,1-3H3,(H,60,61)(H,62,70,71). The molecule has 3 aromatic heterocycles. The Morgan fingerprint density at radius 3 is 2.26 bits per heavy atom. The largest absolute Gasteiger partial charge is 0.366 e. The molecular formula is C57H73N11O5. The normalized spacial score (nSPS) is 25.8. The minimum atomic E-state index is -0.625. The number of amides is 4. The van der Waals surface area contributed by atoms with Gasteiger partial charge in [-0.2, -0.15) is 0 Å². The number of anilines is 3.